The van der Waals surface area contributed by atoms with Gasteiger partial charge in [-0.1, -0.05) is 51.1 Å². The van der Waals surface area contributed by atoms with Gasteiger partial charge in [0.25, 0.3) is 0 Å². The predicted molar refractivity (Wildman–Crippen MR) is 85.4 cm³/mol. The molecule has 1 unspecified atom stereocenters. The first kappa shape index (κ1) is 17.3. The molecule has 0 radical (unpaired) electrons. The van der Waals surface area contributed by atoms with E-state index in [1.54, 1.807) is 24.3 Å². The standard InChI is InChI=1S/C19H24F2O3/c1-17(2,3)16-23-15(22)19(24-16,13-8-5-4-6-9-13)14-10-7-11-18(20,21)12-14/h4-6,8-9,14,16H,7,10-12H2,1-3H3/t14-,16?,19-/m0/s1. The summed E-state index contributed by atoms with van der Waals surface area (Å²) >= 11 is 0. The van der Waals surface area contributed by atoms with E-state index in [1.165, 1.54) is 0 Å². The van der Waals surface area contributed by atoms with Crippen LogP contribution in [0.3, 0.4) is 0 Å². The van der Waals surface area contributed by atoms with Crippen molar-refractivity contribution in [1.82, 2.24) is 0 Å². The highest BCUT2D eigenvalue weighted by Crippen LogP contribution is 2.52. The molecule has 2 aliphatic rings. The van der Waals surface area contributed by atoms with Gasteiger partial charge in [-0.15, -0.1) is 0 Å². The highest BCUT2D eigenvalue weighted by molar-refractivity contribution is 5.83. The summed E-state index contributed by atoms with van der Waals surface area (Å²) in [5.74, 6) is -3.91. The Hall–Kier alpha value is -1.49. The average Bonchev–Trinajstić information content (AvgIpc) is 2.86. The maximum Gasteiger partial charge on any atom is 0.345 e. The number of benzene rings is 1. The summed E-state index contributed by atoms with van der Waals surface area (Å²) < 4.78 is 39.7. The van der Waals surface area contributed by atoms with E-state index in [-0.39, 0.29) is 12.8 Å². The van der Waals surface area contributed by atoms with Crippen LogP contribution in [0.15, 0.2) is 30.3 Å². The Balaban J connectivity index is 2.05. The smallest absolute Gasteiger partial charge is 0.345 e. The SMILES string of the molecule is CC(C)(C)C1OC(=O)[C@](c2ccccc2)([C@H]2CCCC(F)(F)C2)O1. The van der Waals surface area contributed by atoms with Crippen molar-refractivity contribution in [1.29, 1.82) is 0 Å². The third-order valence-corrected chi connectivity index (χ3v) is 4.94. The Morgan fingerprint density at radius 1 is 1.17 bits per heavy atom. The maximum absolute atomic E-state index is 14.0. The first-order valence-electron chi connectivity index (χ1n) is 8.47. The summed E-state index contributed by atoms with van der Waals surface area (Å²) in [6.45, 7) is 5.71. The number of cyclic esters (lactones) is 1. The van der Waals surface area contributed by atoms with Crippen LogP contribution in [0.25, 0.3) is 0 Å². The van der Waals surface area contributed by atoms with Crippen molar-refractivity contribution in [2.24, 2.45) is 11.3 Å². The largest absolute Gasteiger partial charge is 0.433 e. The van der Waals surface area contributed by atoms with Gasteiger partial charge in [0.05, 0.1) is 0 Å². The molecular formula is C19H24F2O3. The first-order chi connectivity index (χ1) is 11.2. The van der Waals surface area contributed by atoms with Crippen LogP contribution in [0.2, 0.25) is 0 Å². The van der Waals surface area contributed by atoms with Crippen LogP contribution in [0, 0.1) is 11.3 Å². The third kappa shape index (κ3) is 2.94. The fourth-order valence-electron chi connectivity index (χ4n) is 3.67. The lowest BCUT2D eigenvalue weighted by Gasteiger charge is -2.39. The fraction of sp³-hybridized carbons (Fsp3) is 0.632. The monoisotopic (exact) mass is 338 g/mol. The summed E-state index contributed by atoms with van der Waals surface area (Å²) in [5, 5.41) is 0. The molecular weight excluding hydrogens is 314 g/mol. The van der Waals surface area contributed by atoms with E-state index in [1.807, 2.05) is 26.8 Å². The minimum absolute atomic E-state index is 0.133. The van der Waals surface area contributed by atoms with Crippen LogP contribution in [-0.4, -0.2) is 18.2 Å². The normalized spacial score (nSPS) is 33.3. The predicted octanol–water partition coefficient (Wildman–Crippen LogP) is 4.65. The van der Waals surface area contributed by atoms with E-state index < -0.39 is 35.1 Å². The topological polar surface area (TPSA) is 35.5 Å². The molecule has 3 rings (SSSR count). The molecule has 5 heteroatoms. The molecule has 1 aromatic rings. The zero-order valence-corrected chi connectivity index (χ0v) is 14.4. The molecule has 132 valence electrons. The van der Waals surface area contributed by atoms with Crippen LogP contribution in [-0.2, 0) is 19.9 Å². The van der Waals surface area contributed by atoms with Crippen molar-refractivity contribution in [3.8, 4) is 0 Å². The van der Waals surface area contributed by atoms with Crippen LogP contribution < -0.4 is 0 Å². The molecule has 1 aliphatic carbocycles. The fourth-order valence-corrected chi connectivity index (χ4v) is 3.67. The lowest BCUT2D eigenvalue weighted by atomic mass is 9.72. The van der Waals surface area contributed by atoms with Crippen molar-refractivity contribution in [3.05, 3.63) is 35.9 Å². The van der Waals surface area contributed by atoms with Gasteiger partial charge in [0, 0.05) is 24.2 Å². The molecule has 0 aromatic heterocycles. The Labute approximate surface area is 141 Å². The molecule has 0 bridgehead atoms. The van der Waals surface area contributed by atoms with Gasteiger partial charge in [-0.05, 0) is 18.4 Å². The average molecular weight is 338 g/mol. The van der Waals surface area contributed by atoms with Gasteiger partial charge in [-0.3, -0.25) is 0 Å². The highest BCUT2D eigenvalue weighted by Gasteiger charge is 2.61. The summed E-state index contributed by atoms with van der Waals surface area (Å²) in [4.78, 5) is 12.9. The summed E-state index contributed by atoms with van der Waals surface area (Å²) in [7, 11) is 0. The first-order valence-corrected chi connectivity index (χ1v) is 8.47. The molecule has 0 amide bonds. The van der Waals surface area contributed by atoms with Gasteiger partial charge < -0.3 is 9.47 Å². The quantitative estimate of drug-likeness (QED) is 0.736. The number of carbonyl (C=O) groups is 1. The number of hydrogen-bond acceptors (Lipinski definition) is 3. The molecule has 1 saturated heterocycles. The summed E-state index contributed by atoms with van der Waals surface area (Å²) in [5.41, 5.74) is -1.27. The molecule has 1 heterocycles. The van der Waals surface area contributed by atoms with E-state index >= 15 is 0 Å². The van der Waals surface area contributed by atoms with Crippen molar-refractivity contribution < 1.29 is 23.0 Å². The second kappa shape index (κ2) is 5.80. The Kier molecular flexibility index (Phi) is 4.19. The Bertz CT molecular complexity index is 609. The number of rotatable bonds is 2. The lowest BCUT2D eigenvalue weighted by molar-refractivity contribution is -0.177. The van der Waals surface area contributed by atoms with Crippen LogP contribution in [0.1, 0.15) is 52.0 Å². The van der Waals surface area contributed by atoms with Gasteiger partial charge >= 0.3 is 5.97 Å². The van der Waals surface area contributed by atoms with Crippen LogP contribution >= 0.6 is 0 Å². The van der Waals surface area contributed by atoms with E-state index in [2.05, 4.69) is 0 Å². The molecule has 1 aliphatic heterocycles. The zero-order chi connectivity index (χ0) is 17.6. The van der Waals surface area contributed by atoms with Gasteiger partial charge in [0.1, 0.15) is 0 Å². The van der Waals surface area contributed by atoms with Crippen molar-refractivity contribution in [2.75, 3.05) is 0 Å². The number of ether oxygens (including phenoxy) is 2. The van der Waals surface area contributed by atoms with E-state index in [4.69, 9.17) is 9.47 Å². The molecule has 0 spiro atoms. The van der Waals surface area contributed by atoms with Gasteiger partial charge in [0.15, 0.2) is 5.60 Å². The van der Waals surface area contributed by atoms with Gasteiger partial charge in [0.2, 0.25) is 12.2 Å². The highest BCUT2D eigenvalue weighted by atomic mass is 19.3. The molecule has 24 heavy (non-hydrogen) atoms. The van der Waals surface area contributed by atoms with Crippen molar-refractivity contribution in [3.63, 3.8) is 0 Å². The zero-order valence-electron chi connectivity index (χ0n) is 14.4. The molecule has 3 atom stereocenters. The third-order valence-electron chi connectivity index (χ3n) is 4.94. The number of carbonyl (C=O) groups excluding carboxylic acids is 1. The second-order valence-corrected chi connectivity index (χ2v) is 7.97. The van der Waals surface area contributed by atoms with Gasteiger partial charge in [-0.25, -0.2) is 13.6 Å². The number of halogens is 2. The Morgan fingerprint density at radius 2 is 1.83 bits per heavy atom. The van der Waals surface area contributed by atoms with Crippen LogP contribution in [0.4, 0.5) is 8.78 Å². The Morgan fingerprint density at radius 3 is 2.38 bits per heavy atom. The van der Waals surface area contributed by atoms with Crippen molar-refractivity contribution in [2.45, 2.75) is 64.3 Å². The van der Waals surface area contributed by atoms with E-state index in [0.717, 1.165) is 0 Å². The number of hydrogen-bond donors (Lipinski definition) is 0. The number of alkyl halides is 2. The van der Waals surface area contributed by atoms with Crippen LogP contribution in [0.5, 0.6) is 0 Å². The number of esters is 1. The van der Waals surface area contributed by atoms with Crippen molar-refractivity contribution >= 4 is 5.97 Å². The molecule has 1 saturated carbocycles. The summed E-state index contributed by atoms with van der Waals surface area (Å²) in [6, 6.07) is 8.94. The molecule has 2 fully saturated rings. The summed E-state index contributed by atoms with van der Waals surface area (Å²) in [6.07, 6.45) is -0.333. The minimum Gasteiger partial charge on any atom is -0.433 e. The maximum atomic E-state index is 14.0. The van der Waals surface area contributed by atoms with E-state index in [9.17, 15) is 13.6 Å². The lowest BCUT2D eigenvalue weighted by Crippen LogP contribution is -2.46. The minimum atomic E-state index is -2.77. The van der Waals surface area contributed by atoms with Gasteiger partial charge in [-0.2, -0.15) is 0 Å². The van der Waals surface area contributed by atoms with E-state index in [0.29, 0.717) is 18.4 Å². The molecule has 0 N–H and O–H groups in total. The molecule has 1 aromatic carbocycles. The molecule has 3 nitrogen and oxygen atoms in total. The second-order valence-electron chi connectivity index (χ2n) is 7.97.